The molecular weight excluding hydrogens is 813 g/mol. The predicted octanol–water partition coefficient (Wildman–Crippen LogP) is 16.2. The van der Waals surface area contributed by atoms with Crippen LogP contribution in [-0.2, 0) is 0 Å². The first kappa shape index (κ1) is 36.1. The predicted molar refractivity (Wildman–Crippen MR) is 271 cm³/mol. The summed E-state index contributed by atoms with van der Waals surface area (Å²) < 4.78 is 11.8. The number of fused-ring (bicyclic) bond motifs is 11. The molecule has 0 aliphatic rings. The van der Waals surface area contributed by atoms with Crippen molar-refractivity contribution in [2.45, 2.75) is 0 Å². The number of furan rings is 1. The molecule has 14 aromatic rings. The number of benzene rings is 10. The monoisotopic (exact) mass is 846 g/mol. The molecule has 302 valence electrons. The van der Waals surface area contributed by atoms with Crippen molar-refractivity contribution >= 4 is 96.8 Å². The van der Waals surface area contributed by atoms with Gasteiger partial charge in [0.25, 0.3) is 0 Å². The highest BCUT2D eigenvalue weighted by atomic mass is 32.1. The van der Waals surface area contributed by atoms with Crippen molar-refractivity contribution in [3.05, 3.63) is 206 Å². The molecule has 65 heavy (non-hydrogen) atoms. The summed E-state index contributed by atoms with van der Waals surface area (Å²) in [7, 11) is 0. The maximum Gasteiger partial charge on any atom is 0.164 e. The molecule has 0 aliphatic heterocycles. The van der Waals surface area contributed by atoms with E-state index in [9.17, 15) is 0 Å². The van der Waals surface area contributed by atoms with Crippen LogP contribution in [-0.4, -0.2) is 19.5 Å². The summed E-state index contributed by atoms with van der Waals surface area (Å²) in [4.78, 5) is 15.8. The van der Waals surface area contributed by atoms with Crippen molar-refractivity contribution < 1.29 is 4.42 Å². The first-order valence-corrected chi connectivity index (χ1v) is 22.7. The largest absolute Gasteiger partial charge is 0.456 e. The third-order valence-corrected chi connectivity index (χ3v) is 14.1. The topological polar surface area (TPSA) is 56.7 Å². The number of aromatic nitrogens is 4. The Hall–Kier alpha value is -8.45. The average molecular weight is 847 g/mol. The van der Waals surface area contributed by atoms with E-state index in [2.05, 4.69) is 187 Å². The van der Waals surface area contributed by atoms with Gasteiger partial charge in [-0.25, -0.2) is 15.0 Å². The molecule has 0 saturated heterocycles. The lowest BCUT2D eigenvalue weighted by Crippen LogP contribution is -2.00. The van der Waals surface area contributed by atoms with E-state index in [0.717, 1.165) is 71.9 Å². The Morgan fingerprint density at radius 1 is 0.354 bits per heavy atom. The van der Waals surface area contributed by atoms with Gasteiger partial charge in [0.1, 0.15) is 11.2 Å². The first-order valence-electron chi connectivity index (χ1n) is 21.8. The van der Waals surface area contributed by atoms with E-state index >= 15 is 0 Å². The van der Waals surface area contributed by atoms with Crippen LogP contribution < -0.4 is 0 Å². The van der Waals surface area contributed by atoms with Crippen molar-refractivity contribution in [1.29, 1.82) is 0 Å². The average Bonchev–Trinajstić information content (AvgIpc) is 4.03. The summed E-state index contributed by atoms with van der Waals surface area (Å²) in [5, 5.41) is 11.5. The zero-order valence-corrected chi connectivity index (χ0v) is 35.6. The summed E-state index contributed by atoms with van der Waals surface area (Å²) in [6.45, 7) is 0. The van der Waals surface area contributed by atoms with Crippen LogP contribution in [0, 0.1) is 0 Å². The van der Waals surface area contributed by atoms with E-state index in [1.54, 1.807) is 11.3 Å². The van der Waals surface area contributed by atoms with E-state index in [1.807, 2.05) is 24.3 Å². The van der Waals surface area contributed by atoms with Crippen LogP contribution in [0.15, 0.2) is 211 Å². The summed E-state index contributed by atoms with van der Waals surface area (Å²) in [5.74, 6) is 1.84. The summed E-state index contributed by atoms with van der Waals surface area (Å²) in [6, 6.07) is 73.3. The molecule has 0 atom stereocenters. The molecule has 0 unspecified atom stereocenters. The van der Waals surface area contributed by atoms with Gasteiger partial charge in [0, 0.05) is 70.0 Å². The van der Waals surface area contributed by atoms with Crippen molar-refractivity contribution in [1.82, 2.24) is 19.5 Å². The van der Waals surface area contributed by atoms with Gasteiger partial charge < -0.3 is 8.98 Å². The highest BCUT2D eigenvalue weighted by Gasteiger charge is 2.24. The number of hydrogen-bond donors (Lipinski definition) is 0. The van der Waals surface area contributed by atoms with E-state index < -0.39 is 0 Å². The molecule has 0 bridgehead atoms. The molecule has 0 saturated carbocycles. The van der Waals surface area contributed by atoms with Gasteiger partial charge in [-0.05, 0) is 75.6 Å². The molecule has 10 aromatic carbocycles. The van der Waals surface area contributed by atoms with E-state index in [0.29, 0.717) is 17.5 Å². The fourth-order valence-electron chi connectivity index (χ4n) is 10.0. The van der Waals surface area contributed by atoms with Crippen LogP contribution in [0.2, 0.25) is 0 Å². The quantitative estimate of drug-likeness (QED) is 0.173. The van der Waals surface area contributed by atoms with Crippen molar-refractivity contribution in [2.75, 3.05) is 0 Å². The van der Waals surface area contributed by atoms with Crippen LogP contribution in [0.5, 0.6) is 0 Å². The van der Waals surface area contributed by atoms with Gasteiger partial charge in [0.05, 0.1) is 16.7 Å². The molecule has 0 N–H and O–H groups in total. The Labute approximate surface area is 376 Å². The lowest BCUT2D eigenvalue weighted by molar-refractivity contribution is 0.668. The Kier molecular flexibility index (Phi) is 7.79. The second-order valence-corrected chi connectivity index (χ2v) is 17.8. The number of hydrogen-bond acceptors (Lipinski definition) is 5. The highest BCUT2D eigenvalue weighted by molar-refractivity contribution is 7.25. The summed E-state index contributed by atoms with van der Waals surface area (Å²) in [5.41, 5.74) is 9.85. The maximum absolute atomic E-state index is 6.95. The van der Waals surface area contributed by atoms with Gasteiger partial charge >= 0.3 is 0 Å². The molecule has 6 heteroatoms. The molecule has 0 aliphatic carbocycles. The van der Waals surface area contributed by atoms with E-state index in [-0.39, 0.29) is 0 Å². The van der Waals surface area contributed by atoms with Crippen LogP contribution in [0.25, 0.3) is 136 Å². The fraction of sp³-hybridized carbons (Fsp3) is 0. The number of thiophene rings is 1. The Bertz CT molecular complexity index is 4150. The summed E-state index contributed by atoms with van der Waals surface area (Å²) >= 11 is 1.79. The van der Waals surface area contributed by atoms with Crippen molar-refractivity contribution in [3.63, 3.8) is 0 Å². The van der Waals surface area contributed by atoms with Gasteiger partial charge in [-0.15, -0.1) is 11.3 Å². The third-order valence-electron chi connectivity index (χ3n) is 13.0. The molecule has 4 heterocycles. The molecule has 0 fully saturated rings. The Balaban J connectivity index is 1.06. The minimum absolute atomic E-state index is 0.588. The lowest BCUT2D eigenvalue weighted by atomic mass is 9.98. The minimum atomic E-state index is 0.588. The SMILES string of the molecule is c1ccc(-c2nc(-c3cccc4oc5cc(-n6c7cc8ccccc8cc7c7cc8ccccc8cc76)c(-c6ccccc6)cc5c34)nc(-c3cccc4sc5ccccc5c34)n2)cc1. The summed E-state index contributed by atoms with van der Waals surface area (Å²) in [6.07, 6.45) is 0. The second-order valence-electron chi connectivity index (χ2n) is 16.7. The zero-order chi connectivity index (χ0) is 42.6. The Morgan fingerprint density at radius 2 is 0.892 bits per heavy atom. The highest BCUT2D eigenvalue weighted by Crippen LogP contribution is 2.45. The van der Waals surface area contributed by atoms with Crippen LogP contribution >= 0.6 is 11.3 Å². The van der Waals surface area contributed by atoms with Gasteiger partial charge in [-0.3, -0.25) is 0 Å². The minimum Gasteiger partial charge on any atom is -0.456 e. The first-order chi connectivity index (χ1) is 32.2. The van der Waals surface area contributed by atoms with Gasteiger partial charge in [0.15, 0.2) is 17.5 Å². The van der Waals surface area contributed by atoms with Crippen molar-refractivity contribution in [3.8, 4) is 51.0 Å². The van der Waals surface area contributed by atoms with Gasteiger partial charge in [0.2, 0.25) is 0 Å². The van der Waals surface area contributed by atoms with Gasteiger partial charge in [-0.1, -0.05) is 152 Å². The standard InChI is InChI=1S/C59H34N4OS/c1-3-15-35(16-4-1)44-33-47-52(34-50(44)63-48-31-39-21-9-7-19-37(39)29-45(48)46-30-38-20-8-10-22-40(38)32-49(46)63)64-51-26-13-24-42(55(47)51)58-60-57(36-17-5-2-6-18-36)61-59(62-58)43-25-14-28-54-56(43)41-23-11-12-27-53(41)65-54/h1-34H. The molecule has 0 amide bonds. The lowest BCUT2D eigenvalue weighted by Gasteiger charge is -2.15. The van der Waals surface area contributed by atoms with Crippen LogP contribution in [0.4, 0.5) is 0 Å². The maximum atomic E-state index is 6.95. The smallest absolute Gasteiger partial charge is 0.164 e. The molecule has 0 radical (unpaired) electrons. The van der Waals surface area contributed by atoms with Crippen molar-refractivity contribution in [2.24, 2.45) is 0 Å². The molecule has 5 nitrogen and oxygen atoms in total. The van der Waals surface area contributed by atoms with Crippen LogP contribution in [0.3, 0.4) is 0 Å². The molecule has 0 spiro atoms. The van der Waals surface area contributed by atoms with E-state index in [4.69, 9.17) is 19.4 Å². The molecular formula is C59H34N4OS. The molecule has 4 aromatic heterocycles. The second kappa shape index (κ2) is 14.0. The molecule has 14 rings (SSSR count). The normalized spacial score (nSPS) is 12.0. The number of rotatable bonds is 5. The Morgan fingerprint density at radius 3 is 1.57 bits per heavy atom. The van der Waals surface area contributed by atoms with Crippen LogP contribution in [0.1, 0.15) is 0 Å². The fourth-order valence-corrected chi connectivity index (χ4v) is 11.2. The number of nitrogens with zero attached hydrogens (tertiary/aromatic N) is 4. The third kappa shape index (κ3) is 5.61. The zero-order valence-electron chi connectivity index (χ0n) is 34.7. The van der Waals surface area contributed by atoms with Gasteiger partial charge in [-0.2, -0.15) is 0 Å². The van der Waals surface area contributed by atoms with E-state index in [1.165, 1.54) is 47.1 Å².